The zero-order valence-electron chi connectivity index (χ0n) is 8.59. The van der Waals surface area contributed by atoms with Crippen molar-refractivity contribution < 1.29 is 9.47 Å². The molecule has 12 heavy (non-hydrogen) atoms. The summed E-state index contributed by atoms with van der Waals surface area (Å²) >= 11 is 0. The topological polar surface area (TPSA) is 44.5 Å². The van der Waals surface area contributed by atoms with E-state index in [0.29, 0.717) is 19.8 Å². The van der Waals surface area contributed by atoms with Gasteiger partial charge in [-0.1, -0.05) is 0 Å². The number of nitrogens with two attached hydrogens (primary N) is 1. The van der Waals surface area contributed by atoms with Crippen LogP contribution in [-0.4, -0.2) is 31.5 Å². The van der Waals surface area contributed by atoms with Gasteiger partial charge < -0.3 is 15.2 Å². The zero-order valence-corrected chi connectivity index (χ0v) is 8.59. The van der Waals surface area contributed by atoms with E-state index >= 15 is 0 Å². The summed E-state index contributed by atoms with van der Waals surface area (Å²) in [6.07, 6.45) is 0. The van der Waals surface area contributed by atoms with Crippen molar-refractivity contribution in [3.8, 4) is 0 Å². The van der Waals surface area contributed by atoms with Gasteiger partial charge in [0.05, 0.1) is 25.4 Å². The van der Waals surface area contributed by atoms with Crippen LogP contribution in [0.5, 0.6) is 0 Å². The summed E-state index contributed by atoms with van der Waals surface area (Å²) in [6.45, 7) is 9.86. The number of hydrogen-bond donors (Lipinski definition) is 1. The van der Waals surface area contributed by atoms with Crippen LogP contribution in [-0.2, 0) is 9.47 Å². The van der Waals surface area contributed by atoms with Gasteiger partial charge in [0, 0.05) is 6.04 Å². The van der Waals surface area contributed by atoms with E-state index in [0.717, 1.165) is 0 Å². The molecule has 0 aromatic rings. The SMILES string of the molecule is CC(N)COCCOC(C)(C)C. The van der Waals surface area contributed by atoms with E-state index in [2.05, 4.69) is 0 Å². The molecule has 0 heterocycles. The molecular formula is C9H21NO2. The molecule has 0 aliphatic heterocycles. The normalized spacial score (nSPS) is 14.8. The van der Waals surface area contributed by atoms with Gasteiger partial charge in [-0.05, 0) is 27.7 Å². The quantitative estimate of drug-likeness (QED) is 0.638. The van der Waals surface area contributed by atoms with Gasteiger partial charge >= 0.3 is 0 Å². The monoisotopic (exact) mass is 175 g/mol. The molecule has 3 nitrogen and oxygen atoms in total. The van der Waals surface area contributed by atoms with Gasteiger partial charge in [-0.15, -0.1) is 0 Å². The molecule has 0 radical (unpaired) electrons. The Kier molecular flexibility index (Phi) is 5.46. The van der Waals surface area contributed by atoms with Gasteiger partial charge in [-0.3, -0.25) is 0 Å². The third-order valence-corrected chi connectivity index (χ3v) is 1.14. The maximum atomic E-state index is 5.49. The minimum atomic E-state index is -0.0717. The molecule has 3 heteroatoms. The second-order valence-electron chi connectivity index (χ2n) is 4.01. The average Bonchev–Trinajstić information content (AvgIpc) is 1.83. The molecule has 1 unspecified atom stereocenters. The molecule has 0 fully saturated rings. The third-order valence-electron chi connectivity index (χ3n) is 1.14. The highest BCUT2D eigenvalue weighted by molar-refractivity contribution is 4.58. The largest absolute Gasteiger partial charge is 0.377 e. The Balaban J connectivity index is 3.12. The van der Waals surface area contributed by atoms with Crippen LogP contribution in [0.2, 0.25) is 0 Å². The van der Waals surface area contributed by atoms with Gasteiger partial charge in [-0.2, -0.15) is 0 Å². The van der Waals surface area contributed by atoms with E-state index in [1.54, 1.807) is 0 Å². The first kappa shape index (κ1) is 11.9. The Morgan fingerprint density at radius 1 is 1.25 bits per heavy atom. The van der Waals surface area contributed by atoms with Crippen LogP contribution in [0.25, 0.3) is 0 Å². The van der Waals surface area contributed by atoms with Crippen molar-refractivity contribution in [2.24, 2.45) is 5.73 Å². The van der Waals surface area contributed by atoms with E-state index in [1.807, 2.05) is 27.7 Å². The molecule has 0 bridgehead atoms. The highest BCUT2D eigenvalue weighted by Gasteiger charge is 2.08. The molecule has 0 amide bonds. The maximum absolute atomic E-state index is 5.49. The molecule has 0 rings (SSSR count). The molecule has 74 valence electrons. The fraction of sp³-hybridized carbons (Fsp3) is 1.00. The van der Waals surface area contributed by atoms with Crippen LogP contribution >= 0.6 is 0 Å². The molecule has 0 aromatic carbocycles. The summed E-state index contributed by atoms with van der Waals surface area (Å²) in [7, 11) is 0. The van der Waals surface area contributed by atoms with E-state index in [-0.39, 0.29) is 11.6 Å². The highest BCUT2D eigenvalue weighted by atomic mass is 16.5. The van der Waals surface area contributed by atoms with Crippen molar-refractivity contribution in [3.63, 3.8) is 0 Å². The molecule has 1 atom stereocenters. The Morgan fingerprint density at radius 3 is 2.25 bits per heavy atom. The molecule has 0 saturated heterocycles. The van der Waals surface area contributed by atoms with Crippen molar-refractivity contribution in [3.05, 3.63) is 0 Å². The first-order valence-corrected chi connectivity index (χ1v) is 4.39. The lowest BCUT2D eigenvalue weighted by Crippen LogP contribution is -2.25. The van der Waals surface area contributed by atoms with E-state index in [9.17, 15) is 0 Å². The minimum Gasteiger partial charge on any atom is -0.377 e. The molecule has 0 spiro atoms. The predicted molar refractivity (Wildman–Crippen MR) is 50.2 cm³/mol. The Hall–Kier alpha value is -0.120. The van der Waals surface area contributed by atoms with Crippen LogP contribution < -0.4 is 5.73 Å². The second kappa shape index (κ2) is 5.51. The lowest BCUT2D eigenvalue weighted by atomic mass is 10.2. The van der Waals surface area contributed by atoms with Gasteiger partial charge in [0.1, 0.15) is 0 Å². The zero-order chi connectivity index (χ0) is 9.61. The smallest absolute Gasteiger partial charge is 0.0707 e. The van der Waals surface area contributed by atoms with Crippen LogP contribution in [0.15, 0.2) is 0 Å². The lowest BCUT2D eigenvalue weighted by molar-refractivity contribution is -0.0358. The van der Waals surface area contributed by atoms with Crippen molar-refractivity contribution >= 4 is 0 Å². The first-order valence-electron chi connectivity index (χ1n) is 4.39. The van der Waals surface area contributed by atoms with Crippen LogP contribution in [0.3, 0.4) is 0 Å². The van der Waals surface area contributed by atoms with E-state index in [1.165, 1.54) is 0 Å². The maximum Gasteiger partial charge on any atom is 0.0707 e. The van der Waals surface area contributed by atoms with Crippen molar-refractivity contribution in [2.75, 3.05) is 19.8 Å². The number of rotatable bonds is 5. The van der Waals surface area contributed by atoms with Gasteiger partial charge in [0.15, 0.2) is 0 Å². The molecular weight excluding hydrogens is 154 g/mol. The van der Waals surface area contributed by atoms with E-state index < -0.39 is 0 Å². The van der Waals surface area contributed by atoms with Gasteiger partial charge in [0.2, 0.25) is 0 Å². The number of ether oxygens (including phenoxy) is 2. The standard InChI is InChI=1S/C9H21NO2/c1-8(10)7-11-5-6-12-9(2,3)4/h8H,5-7,10H2,1-4H3. The Labute approximate surface area is 75.2 Å². The molecule has 0 saturated carbocycles. The van der Waals surface area contributed by atoms with Crippen molar-refractivity contribution in [2.45, 2.75) is 39.3 Å². The molecule has 0 aliphatic rings. The van der Waals surface area contributed by atoms with Gasteiger partial charge in [0.25, 0.3) is 0 Å². The summed E-state index contributed by atoms with van der Waals surface area (Å²) in [5.41, 5.74) is 5.42. The van der Waals surface area contributed by atoms with Crippen molar-refractivity contribution in [1.29, 1.82) is 0 Å². The molecule has 2 N–H and O–H groups in total. The summed E-state index contributed by atoms with van der Waals surface area (Å²) in [6, 6.07) is 0.111. The Morgan fingerprint density at radius 2 is 1.83 bits per heavy atom. The summed E-state index contributed by atoms with van der Waals surface area (Å²) in [5, 5.41) is 0. The molecule has 0 aromatic heterocycles. The predicted octanol–water partition coefficient (Wildman–Crippen LogP) is 1.17. The summed E-state index contributed by atoms with van der Waals surface area (Å²) in [5.74, 6) is 0. The third kappa shape index (κ3) is 9.88. The fourth-order valence-electron chi connectivity index (χ4n) is 0.676. The van der Waals surface area contributed by atoms with Crippen LogP contribution in [0.4, 0.5) is 0 Å². The first-order chi connectivity index (χ1) is 5.42. The Bertz CT molecular complexity index is 108. The lowest BCUT2D eigenvalue weighted by Gasteiger charge is -2.19. The minimum absolute atomic E-state index is 0.0717. The summed E-state index contributed by atoms with van der Waals surface area (Å²) < 4.78 is 10.7. The van der Waals surface area contributed by atoms with Crippen LogP contribution in [0, 0.1) is 0 Å². The number of hydrogen-bond acceptors (Lipinski definition) is 3. The highest BCUT2D eigenvalue weighted by Crippen LogP contribution is 2.05. The molecule has 0 aliphatic carbocycles. The second-order valence-corrected chi connectivity index (χ2v) is 4.01. The van der Waals surface area contributed by atoms with E-state index in [4.69, 9.17) is 15.2 Å². The summed E-state index contributed by atoms with van der Waals surface area (Å²) in [4.78, 5) is 0. The average molecular weight is 175 g/mol. The van der Waals surface area contributed by atoms with Crippen LogP contribution in [0.1, 0.15) is 27.7 Å². The fourth-order valence-corrected chi connectivity index (χ4v) is 0.676. The van der Waals surface area contributed by atoms with Gasteiger partial charge in [-0.25, -0.2) is 0 Å². The van der Waals surface area contributed by atoms with Crippen molar-refractivity contribution in [1.82, 2.24) is 0 Å².